The van der Waals surface area contributed by atoms with Gasteiger partial charge in [0.25, 0.3) is 5.91 Å². The Morgan fingerprint density at radius 2 is 2.19 bits per heavy atom. The maximum Gasteiger partial charge on any atom is 0.337 e. The van der Waals surface area contributed by atoms with E-state index in [9.17, 15) is 9.59 Å². The molecule has 1 atom stereocenters. The van der Waals surface area contributed by atoms with E-state index >= 15 is 0 Å². The van der Waals surface area contributed by atoms with Crippen LogP contribution >= 0.6 is 0 Å². The Kier molecular flexibility index (Phi) is 3.58. The fourth-order valence-electron chi connectivity index (χ4n) is 3.80. The number of hydrogen-bond acceptors (Lipinski definition) is 7. The second-order valence-corrected chi connectivity index (χ2v) is 7.21. The Balaban J connectivity index is 1.90. The highest BCUT2D eigenvalue weighted by Gasteiger charge is 2.49. The third kappa shape index (κ3) is 2.47. The van der Waals surface area contributed by atoms with Crippen molar-refractivity contribution in [2.75, 3.05) is 13.7 Å². The highest BCUT2D eigenvalue weighted by molar-refractivity contribution is 6.00. The SMILES string of the molecule is COC(=O)c1ccc2c(c1)-n1nnnc1C1(CCOC(C)(C)C1)NC2=O. The number of nitrogens with zero attached hydrogens (tertiary/aromatic N) is 4. The average Bonchev–Trinajstić information content (AvgIpc) is 3.07. The number of rotatable bonds is 1. The number of esters is 1. The second-order valence-electron chi connectivity index (χ2n) is 7.21. The van der Waals surface area contributed by atoms with Crippen molar-refractivity contribution in [3.05, 3.63) is 35.2 Å². The van der Waals surface area contributed by atoms with Crippen LogP contribution in [0.5, 0.6) is 0 Å². The molecule has 2 aromatic rings. The van der Waals surface area contributed by atoms with Crippen LogP contribution in [0.3, 0.4) is 0 Å². The monoisotopic (exact) mass is 357 g/mol. The van der Waals surface area contributed by atoms with E-state index in [1.807, 2.05) is 13.8 Å². The molecule has 0 saturated carbocycles. The Morgan fingerprint density at radius 3 is 2.92 bits per heavy atom. The summed E-state index contributed by atoms with van der Waals surface area (Å²) >= 11 is 0. The largest absolute Gasteiger partial charge is 0.465 e. The van der Waals surface area contributed by atoms with E-state index in [-0.39, 0.29) is 5.91 Å². The predicted octanol–water partition coefficient (Wildman–Crippen LogP) is 0.977. The Hall–Kier alpha value is -2.81. The molecule has 1 saturated heterocycles. The zero-order chi connectivity index (χ0) is 18.5. The minimum atomic E-state index is -0.743. The summed E-state index contributed by atoms with van der Waals surface area (Å²) in [6.45, 7) is 4.42. The Bertz CT molecular complexity index is 906. The van der Waals surface area contributed by atoms with Gasteiger partial charge in [0.05, 0.1) is 29.5 Å². The van der Waals surface area contributed by atoms with Crippen LogP contribution < -0.4 is 5.32 Å². The molecule has 1 spiro atoms. The van der Waals surface area contributed by atoms with Crippen LogP contribution in [0.15, 0.2) is 18.2 Å². The molecule has 2 aliphatic rings. The molecule has 1 amide bonds. The first-order valence-electron chi connectivity index (χ1n) is 8.33. The lowest BCUT2D eigenvalue weighted by Crippen LogP contribution is -2.54. The number of tetrazole rings is 1. The second kappa shape index (κ2) is 5.60. The molecular weight excluding hydrogens is 338 g/mol. The number of ether oxygens (including phenoxy) is 2. The van der Waals surface area contributed by atoms with E-state index < -0.39 is 17.1 Å². The molecule has 1 N–H and O–H groups in total. The molecule has 4 rings (SSSR count). The summed E-state index contributed by atoms with van der Waals surface area (Å²) < 4.78 is 12.1. The summed E-state index contributed by atoms with van der Waals surface area (Å²) in [6, 6.07) is 4.72. The van der Waals surface area contributed by atoms with Crippen molar-refractivity contribution < 1.29 is 19.1 Å². The number of carbonyl (C=O) groups excluding carboxylic acids is 2. The smallest absolute Gasteiger partial charge is 0.337 e. The lowest BCUT2D eigenvalue weighted by molar-refractivity contribution is -0.0894. The van der Waals surface area contributed by atoms with Crippen LogP contribution in [0.2, 0.25) is 0 Å². The summed E-state index contributed by atoms with van der Waals surface area (Å²) in [6.07, 6.45) is 1.09. The molecule has 1 aromatic heterocycles. The normalized spacial score (nSPS) is 23.6. The molecule has 9 heteroatoms. The van der Waals surface area contributed by atoms with Gasteiger partial charge in [0.2, 0.25) is 0 Å². The molecule has 2 aliphatic heterocycles. The van der Waals surface area contributed by atoms with Crippen LogP contribution in [-0.2, 0) is 15.0 Å². The highest BCUT2D eigenvalue weighted by Crippen LogP contribution is 2.41. The molecule has 9 nitrogen and oxygen atoms in total. The third-order valence-electron chi connectivity index (χ3n) is 4.89. The summed E-state index contributed by atoms with van der Waals surface area (Å²) in [5.41, 5.74) is -0.00861. The van der Waals surface area contributed by atoms with Crippen molar-refractivity contribution in [1.29, 1.82) is 0 Å². The third-order valence-corrected chi connectivity index (χ3v) is 4.89. The zero-order valence-corrected chi connectivity index (χ0v) is 14.8. The minimum absolute atomic E-state index is 0.249. The minimum Gasteiger partial charge on any atom is -0.465 e. The number of carbonyl (C=O) groups is 2. The first-order chi connectivity index (χ1) is 12.4. The van der Waals surface area contributed by atoms with Gasteiger partial charge in [-0.05, 0) is 42.5 Å². The molecular formula is C17H19N5O4. The number of amides is 1. The van der Waals surface area contributed by atoms with Crippen LogP contribution in [0, 0.1) is 0 Å². The molecule has 1 aromatic carbocycles. The number of fused-ring (bicyclic) bond motifs is 4. The van der Waals surface area contributed by atoms with Gasteiger partial charge in [0, 0.05) is 19.4 Å². The standard InChI is InChI=1S/C17H19N5O4/c1-16(2)9-17(6-7-26-16)15-19-20-21-22(15)12-8-10(14(24)25-3)4-5-11(12)13(23)18-17/h4-5,8H,6-7,9H2,1-3H3,(H,18,23). The van der Waals surface area contributed by atoms with Gasteiger partial charge in [-0.2, -0.15) is 4.68 Å². The van der Waals surface area contributed by atoms with E-state index in [1.165, 1.54) is 11.8 Å². The van der Waals surface area contributed by atoms with Gasteiger partial charge in [-0.3, -0.25) is 4.79 Å². The average molecular weight is 357 g/mol. The summed E-state index contributed by atoms with van der Waals surface area (Å²) in [5.74, 6) is -0.210. The number of hydrogen-bond donors (Lipinski definition) is 1. The van der Waals surface area contributed by atoms with Gasteiger partial charge < -0.3 is 14.8 Å². The molecule has 0 bridgehead atoms. The van der Waals surface area contributed by atoms with Crippen LogP contribution in [0.25, 0.3) is 5.69 Å². The molecule has 26 heavy (non-hydrogen) atoms. The number of methoxy groups -OCH3 is 1. The van der Waals surface area contributed by atoms with E-state index in [0.717, 1.165) is 0 Å². The molecule has 3 heterocycles. The van der Waals surface area contributed by atoms with E-state index in [0.29, 0.717) is 42.1 Å². The fourth-order valence-corrected chi connectivity index (χ4v) is 3.80. The van der Waals surface area contributed by atoms with Crippen LogP contribution in [-0.4, -0.2) is 51.4 Å². The predicted molar refractivity (Wildman–Crippen MR) is 88.9 cm³/mol. The first kappa shape index (κ1) is 16.6. The quantitative estimate of drug-likeness (QED) is 0.758. The Morgan fingerprint density at radius 1 is 1.38 bits per heavy atom. The van der Waals surface area contributed by atoms with Crippen molar-refractivity contribution in [1.82, 2.24) is 25.5 Å². The summed E-state index contributed by atoms with van der Waals surface area (Å²) in [5, 5.41) is 15.2. The molecule has 136 valence electrons. The highest BCUT2D eigenvalue weighted by atomic mass is 16.5. The van der Waals surface area contributed by atoms with Crippen LogP contribution in [0.1, 0.15) is 53.2 Å². The zero-order valence-electron chi connectivity index (χ0n) is 14.8. The maximum absolute atomic E-state index is 12.9. The maximum atomic E-state index is 12.9. The van der Waals surface area contributed by atoms with Gasteiger partial charge in [-0.25, -0.2) is 4.79 Å². The van der Waals surface area contributed by atoms with Crippen LogP contribution in [0.4, 0.5) is 0 Å². The Labute approximate surface area is 149 Å². The van der Waals surface area contributed by atoms with E-state index in [4.69, 9.17) is 9.47 Å². The van der Waals surface area contributed by atoms with Crippen molar-refractivity contribution in [2.24, 2.45) is 0 Å². The van der Waals surface area contributed by atoms with Gasteiger partial charge in [-0.15, -0.1) is 5.10 Å². The topological polar surface area (TPSA) is 108 Å². The van der Waals surface area contributed by atoms with Gasteiger partial charge in [-0.1, -0.05) is 0 Å². The lowest BCUT2D eigenvalue weighted by Gasteiger charge is -2.43. The molecule has 0 radical (unpaired) electrons. The number of aromatic nitrogens is 4. The van der Waals surface area contributed by atoms with Crippen molar-refractivity contribution in [3.8, 4) is 5.69 Å². The van der Waals surface area contributed by atoms with Crippen molar-refractivity contribution >= 4 is 11.9 Å². The van der Waals surface area contributed by atoms with Crippen molar-refractivity contribution in [2.45, 2.75) is 37.8 Å². The summed E-state index contributed by atoms with van der Waals surface area (Å²) in [4.78, 5) is 24.8. The lowest BCUT2D eigenvalue weighted by atomic mass is 9.80. The van der Waals surface area contributed by atoms with Crippen molar-refractivity contribution in [3.63, 3.8) is 0 Å². The fraction of sp³-hybridized carbons (Fsp3) is 0.471. The van der Waals surface area contributed by atoms with E-state index in [1.54, 1.807) is 18.2 Å². The van der Waals surface area contributed by atoms with Gasteiger partial charge >= 0.3 is 5.97 Å². The first-order valence-corrected chi connectivity index (χ1v) is 8.33. The van der Waals surface area contributed by atoms with Gasteiger partial charge in [0.15, 0.2) is 5.82 Å². The van der Waals surface area contributed by atoms with Gasteiger partial charge in [0.1, 0.15) is 5.54 Å². The number of benzene rings is 1. The number of nitrogens with one attached hydrogen (secondary N) is 1. The molecule has 1 fully saturated rings. The summed E-state index contributed by atoms with van der Waals surface area (Å²) in [7, 11) is 1.31. The molecule has 0 aliphatic carbocycles. The molecule has 1 unspecified atom stereocenters. The van der Waals surface area contributed by atoms with E-state index in [2.05, 4.69) is 20.8 Å².